The molecule has 20 heavy (non-hydrogen) atoms. The molecule has 0 radical (unpaired) electrons. The molecule has 1 heterocycles. The van der Waals surface area contributed by atoms with Crippen LogP contribution in [0.5, 0.6) is 0 Å². The SMILES string of the molecule is CCCNC(=O)CNC(=O)c1cc([N+](=O)[O-])cnc1Cl. The van der Waals surface area contributed by atoms with Crippen molar-refractivity contribution >= 4 is 29.1 Å². The van der Waals surface area contributed by atoms with E-state index in [1.807, 2.05) is 6.92 Å². The first kappa shape index (κ1) is 15.8. The van der Waals surface area contributed by atoms with Crippen LogP contribution >= 0.6 is 11.6 Å². The third-order valence-electron chi connectivity index (χ3n) is 2.26. The van der Waals surface area contributed by atoms with Gasteiger partial charge in [-0.05, 0) is 6.42 Å². The molecule has 0 bridgehead atoms. The molecule has 108 valence electrons. The summed E-state index contributed by atoms with van der Waals surface area (Å²) in [6, 6.07) is 1.01. The summed E-state index contributed by atoms with van der Waals surface area (Å²) in [5, 5.41) is 15.3. The van der Waals surface area contributed by atoms with Gasteiger partial charge in [-0.25, -0.2) is 4.98 Å². The van der Waals surface area contributed by atoms with Crippen LogP contribution in [0.2, 0.25) is 5.15 Å². The van der Waals surface area contributed by atoms with Crippen LogP contribution in [0, 0.1) is 10.1 Å². The molecule has 9 heteroatoms. The minimum absolute atomic E-state index is 0.149. The van der Waals surface area contributed by atoms with E-state index >= 15 is 0 Å². The van der Waals surface area contributed by atoms with Crippen molar-refractivity contribution in [3.05, 3.63) is 33.1 Å². The summed E-state index contributed by atoms with van der Waals surface area (Å²) in [4.78, 5) is 36.6. The number of nitro groups is 1. The molecule has 1 aromatic heterocycles. The van der Waals surface area contributed by atoms with Gasteiger partial charge in [0.15, 0.2) is 0 Å². The van der Waals surface area contributed by atoms with E-state index in [2.05, 4.69) is 15.6 Å². The van der Waals surface area contributed by atoms with E-state index in [0.29, 0.717) is 6.54 Å². The highest BCUT2D eigenvalue weighted by Crippen LogP contribution is 2.18. The maximum Gasteiger partial charge on any atom is 0.288 e. The van der Waals surface area contributed by atoms with Gasteiger partial charge >= 0.3 is 0 Å². The van der Waals surface area contributed by atoms with Gasteiger partial charge in [-0.1, -0.05) is 18.5 Å². The fourth-order valence-electron chi connectivity index (χ4n) is 1.28. The average Bonchev–Trinajstić information content (AvgIpc) is 2.42. The Kier molecular flexibility index (Phi) is 5.85. The zero-order valence-electron chi connectivity index (χ0n) is 10.7. The van der Waals surface area contributed by atoms with Crippen molar-refractivity contribution in [2.24, 2.45) is 0 Å². The van der Waals surface area contributed by atoms with Crippen molar-refractivity contribution in [3.8, 4) is 0 Å². The minimum Gasteiger partial charge on any atom is -0.355 e. The third kappa shape index (κ3) is 4.47. The Morgan fingerprint density at radius 3 is 2.75 bits per heavy atom. The van der Waals surface area contributed by atoms with Gasteiger partial charge in [0.2, 0.25) is 5.91 Å². The summed E-state index contributed by atoms with van der Waals surface area (Å²) in [6.45, 7) is 2.17. The molecule has 0 unspecified atom stereocenters. The van der Waals surface area contributed by atoms with Crippen molar-refractivity contribution in [1.82, 2.24) is 15.6 Å². The van der Waals surface area contributed by atoms with Crippen molar-refractivity contribution in [3.63, 3.8) is 0 Å². The van der Waals surface area contributed by atoms with Gasteiger partial charge in [0.25, 0.3) is 11.6 Å². The number of amides is 2. The molecule has 0 fully saturated rings. The van der Waals surface area contributed by atoms with Crippen LogP contribution in [0.25, 0.3) is 0 Å². The molecule has 1 aromatic rings. The van der Waals surface area contributed by atoms with E-state index in [9.17, 15) is 19.7 Å². The molecule has 0 atom stereocenters. The van der Waals surface area contributed by atoms with Crippen LogP contribution in [-0.4, -0.2) is 34.8 Å². The number of nitrogens with zero attached hydrogens (tertiary/aromatic N) is 2. The predicted octanol–water partition coefficient (Wildman–Crippen LogP) is 0.899. The van der Waals surface area contributed by atoms with E-state index in [1.165, 1.54) is 0 Å². The fraction of sp³-hybridized carbons (Fsp3) is 0.364. The van der Waals surface area contributed by atoms with E-state index in [1.54, 1.807) is 0 Å². The van der Waals surface area contributed by atoms with E-state index in [4.69, 9.17) is 11.6 Å². The van der Waals surface area contributed by atoms with Crippen LogP contribution in [0.3, 0.4) is 0 Å². The molecule has 2 N–H and O–H groups in total. The van der Waals surface area contributed by atoms with Crippen LogP contribution < -0.4 is 10.6 Å². The summed E-state index contributed by atoms with van der Waals surface area (Å²) in [7, 11) is 0. The van der Waals surface area contributed by atoms with Crippen molar-refractivity contribution < 1.29 is 14.5 Å². The quantitative estimate of drug-likeness (QED) is 0.460. The number of nitrogens with one attached hydrogen (secondary N) is 2. The number of carbonyl (C=O) groups is 2. The molecule has 0 aromatic carbocycles. The summed E-state index contributed by atoms with van der Waals surface area (Å²) >= 11 is 5.70. The number of hydrogen-bond acceptors (Lipinski definition) is 5. The predicted molar refractivity (Wildman–Crippen MR) is 71.5 cm³/mol. The Labute approximate surface area is 119 Å². The lowest BCUT2D eigenvalue weighted by molar-refractivity contribution is -0.385. The normalized spacial score (nSPS) is 9.90. The van der Waals surface area contributed by atoms with E-state index < -0.39 is 10.8 Å². The second-order valence-corrected chi connectivity index (χ2v) is 4.18. The largest absolute Gasteiger partial charge is 0.355 e. The molecular weight excluding hydrogens is 288 g/mol. The summed E-state index contributed by atoms with van der Waals surface area (Å²) in [5.41, 5.74) is -0.501. The van der Waals surface area contributed by atoms with Crippen molar-refractivity contribution in [2.75, 3.05) is 13.1 Å². The molecule has 8 nitrogen and oxygen atoms in total. The average molecular weight is 301 g/mol. The fourth-order valence-corrected chi connectivity index (χ4v) is 1.47. The lowest BCUT2D eigenvalue weighted by Gasteiger charge is -2.06. The summed E-state index contributed by atoms with van der Waals surface area (Å²) in [6.07, 6.45) is 1.73. The first-order valence-electron chi connectivity index (χ1n) is 5.80. The summed E-state index contributed by atoms with van der Waals surface area (Å²) < 4.78 is 0. The van der Waals surface area contributed by atoms with Crippen LogP contribution in [0.1, 0.15) is 23.7 Å². The Balaban J connectivity index is 2.70. The molecule has 0 aliphatic rings. The molecule has 0 saturated carbocycles. The second-order valence-electron chi connectivity index (χ2n) is 3.82. The smallest absolute Gasteiger partial charge is 0.288 e. The number of aromatic nitrogens is 1. The molecule has 2 amide bonds. The molecule has 0 saturated heterocycles. The highest BCUT2D eigenvalue weighted by molar-refractivity contribution is 6.32. The van der Waals surface area contributed by atoms with Gasteiger partial charge in [0, 0.05) is 12.6 Å². The van der Waals surface area contributed by atoms with Crippen molar-refractivity contribution in [1.29, 1.82) is 0 Å². The zero-order chi connectivity index (χ0) is 15.1. The van der Waals surface area contributed by atoms with Gasteiger partial charge < -0.3 is 10.6 Å². The van der Waals surface area contributed by atoms with E-state index in [0.717, 1.165) is 18.7 Å². The highest BCUT2D eigenvalue weighted by atomic mass is 35.5. The lowest BCUT2D eigenvalue weighted by atomic mass is 10.2. The van der Waals surface area contributed by atoms with Gasteiger partial charge in [-0.2, -0.15) is 0 Å². The van der Waals surface area contributed by atoms with Crippen molar-refractivity contribution in [2.45, 2.75) is 13.3 Å². The maximum atomic E-state index is 11.8. The maximum absolute atomic E-state index is 11.8. The Bertz CT molecular complexity index is 535. The number of halogens is 1. The monoisotopic (exact) mass is 300 g/mol. The van der Waals surface area contributed by atoms with Gasteiger partial charge in [-0.3, -0.25) is 19.7 Å². The van der Waals surface area contributed by atoms with Crippen LogP contribution in [0.4, 0.5) is 5.69 Å². The Hall–Kier alpha value is -2.22. The Morgan fingerprint density at radius 2 is 2.15 bits per heavy atom. The van der Waals surface area contributed by atoms with E-state index in [-0.39, 0.29) is 28.9 Å². The summed E-state index contributed by atoms with van der Waals surface area (Å²) in [5.74, 6) is -1.05. The third-order valence-corrected chi connectivity index (χ3v) is 2.56. The number of carbonyl (C=O) groups excluding carboxylic acids is 2. The standard InChI is InChI=1S/C11H13ClN4O4/c1-2-3-13-9(17)6-15-11(18)8-4-7(16(19)20)5-14-10(8)12/h4-5H,2-3,6H2,1H3,(H,13,17)(H,15,18). The molecular formula is C11H13ClN4O4. The van der Waals surface area contributed by atoms with Crippen LogP contribution in [-0.2, 0) is 4.79 Å². The molecule has 0 aliphatic heterocycles. The number of pyridine rings is 1. The Morgan fingerprint density at radius 1 is 1.45 bits per heavy atom. The second kappa shape index (κ2) is 7.39. The topological polar surface area (TPSA) is 114 Å². The van der Waals surface area contributed by atoms with Gasteiger partial charge in [0.05, 0.1) is 17.0 Å². The number of hydrogen-bond donors (Lipinski definition) is 2. The zero-order valence-corrected chi connectivity index (χ0v) is 11.4. The lowest BCUT2D eigenvalue weighted by Crippen LogP contribution is -2.37. The molecule has 0 spiro atoms. The molecule has 1 rings (SSSR count). The minimum atomic E-state index is -0.696. The van der Waals surface area contributed by atoms with Gasteiger partial charge in [0.1, 0.15) is 11.3 Å². The first-order chi connectivity index (χ1) is 9.45. The first-order valence-corrected chi connectivity index (χ1v) is 6.18. The highest BCUT2D eigenvalue weighted by Gasteiger charge is 2.17. The van der Waals surface area contributed by atoms with Gasteiger partial charge in [-0.15, -0.1) is 0 Å². The number of rotatable bonds is 6. The molecule has 0 aliphatic carbocycles. The van der Waals surface area contributed by atoms with Crippen LogP contribution in [0.15, 0.2) is 12.3 Å².